The number of hydrogen-bond donors (Lipinski definition) is 0. The van der Waals surface area contributed by atoms with Gasteiger partial charge in [0.15, 0.2) is 28.4 Å². The maximum atomic E-state index is 11.4. The van der Waals surface area contributed by atoms with Crippen LogP contribution in [0.15, 0.2) is 0 Å². The van der Waals surface area contributed by atoms with E-state index in [0.29, 0.717) is 0 Å². The van der Waals surface area contributed by atoms with E-state index in [9.17, 15) is 43.2 Å². The number of alkyl halides is 6. The lowest BCUT2D eigenvalue weighted by Crippen LogP contribution is -2.43. The fraction of sp³-hybridized carbons (Fsp3) is 1.00. The zero-order chi connectivity index (χ0) is 23.2. The summed E-state index contributed by atoms with van der Waals surface area (Å²) >= 11 is 0. The zero-order valence-corrected chi connectivity index (χ0v) is 19.0. The predicted octanol–water partition coefficient (Wildman–Crippen LogP) is 3.38. The minimum Gasteiger partial charge on any atom is -0.421 e. The summed E-state index contributed by atoms with van der Waals surface area (Å²) in [6.07, 6.45) is 0. The van der Waals surface area contributed by atoms with Gasteiger partial charge < -0.3 is 13.0 Å². The maximum Gasteiger partial charge on any atom is 0.480 e. The molecule has 0 heterocycles. The van der Waals surface area contributed by atoms with Crippen molar-refractivity contribution < 1.29 is 52.1 Å². The fourth-order valence-electron chi connectivity index (χ4n) is 1.04. The Kier molecular flexibility index (Phi) is 10.7. The molecule has 0 aliphatic heterocycles. The van der Waals surface area contributed by atoms with Crippen molar-refractivity contribution in [3.63, 3.8) is 0 Å². The SMILES string of the molecule is CC[N+](C)(C)CCO[Si](C)(C)CC.O=S(=O)([N-]S(=O)(=O)C(F)(F)F)C(F)(F)F. The van der Waals surface area contributed by atoms with Gasteiger partial charge in [0.1, 0.15) is 6.54 Å². The number of sulfonamides is 2. The topological polar surface area (TPSA) is 91.6 Å². The molecular weight excluding hydrogens is 458 g/mol. The van der Waals surface area contributed by atoms with Crippen LogP contribution in [0, 0.1) is 0 Å². The molecule has 0 aromatic heterocycles. The van der Waals surface area contributed by atoms with Crippen molar-refractivity contribution in [1.29, 1.82) is 0 Å². The molecule has 0 fully saturated rings. The quantitative estimate of drug-likeness (QED) is 0.299. The summed E-state index contributed by atoms with van der Waals surface area (Å²) in [6.45, 7) is 12.3. The highest BCUT2D eigenvalue weighted by molar-refractivity contribution is 8.13. The minimum atomic E-state index is -6.72. The van der Waals surface area contributed by atoms with Gasteiger partial charge in [0.2, 0.25) is 0 Å². The number of hydrogen-bond acceptors (Lipinski definition) is 5. The Bertz CT molecular complexity index is 632. The van der Waals surface area contributed by atoms with Crippen LogP contribution in [0.25, 0.3) is 4.13 Å². The third-order valence-corrected chi connectivity index (χ3v) is 9.11. The first-order valence-corrected chi connectivity index (χ1v) is 13.9. The molecular formula is C12H26F6N2O5S2Si. The molecule has 172 valence electrons. The molecule has 0 aromatic carbocycles. The second-order valence-corrected chi connectivity index (χ2v) is 14.8. The first kappa shape index (κ1) is 29.8. The largest absolute Gasteiger partial charge is 0.480 e. The highest BCUT2D eigenvalue weighted by Crippen LogP contribution is 2.36. The average Bonchev–Trinajstić information content (AvgIpc) is 2.44. The van der Waals surface area contributed by atoms with Gasteiger partial charge in [0.05, 0.1) is 27.2 Å². The molecule has 0 aliphatic carbocycles. The van der Waals surface area contributed by atoms with Crippen molar-refractivity contribution in [3.8, 4) is 0 Å². The Balaban J connectivity index is 0. The van der Waals surface area contributed by atoms with E-state index in [2.05, 4.69) is 41.0 Å². The van der Waals surface area contributed by atoms with E-state index in [1.165, 1.54) is 12.6 Å². The molecule has 0 N–H and O–H groups in total. The van der Waals surface area contributed by atoms with E-state index in [1.54, 1.807) is 0 Å². The van der Waals surface area contributed by atoms with Gasteiger partial charge >= 0.3 is 11.0 Å². The van der Waals surface area contributed by atoms with Gasteiger partial charge in [-0.15, -0.1) is 0 Å². The summed E-state index contributed by atoms with van der Waals surface area (Å²) in [7, 11) is -10.2. The van der Waals surface area contributed by atoms with Crippen molar-refractivity contribution in [2.45, 2.75) is 44.0 Å². The van der Waals surface area contributed by atoms with Gasteiger partial charge in [0, 0.05) is 0 Å². The van der Waals surface area contributed by atoms with Crippen LogP contribution in [-0.2, 0) is 24.5 Å². The summed E-state index contributed by atoms with van der Waals surface area (Å²) < 4.78 is 116. The van der Waals surface area contributed by atoms with E-state index in [1.807, 2.05) is 0 Å². The lowest BCUT2D eigenvalue weighted by Gasteiger charge is -2.30. The Hall–Kier alpha value is -0.423. The van der Waals surface area contributed by atoms with Crippen molar-refractivity contribution in [3.05, 3.63) is 4.13 Å². The van der Waals surface area contributed by atoms with E-state index in [4.69, 9.17) is 4.43 Å². The molecule has 0 radical (unpaired) electrons. The normalized spacial score (nSPS) is 14.4. The van der Waals surface area contributed by atoms with E-state index in [-0.39, 0.29) is 0 Å². The van der Waals surface area contributed by atoms with Gasteiger partial charge in [-0.2, -0.15) is 26.3 Å². The monoisotopic (exact) mass is 484 g/mol. The summed E-state index contributed by atoms with van der Waals surface area (Å²) in [5.41, 5.74) is -12.4. The van der Waals surface area contributed by atoms with E-state index >= 15 is 0 Å². The highest BCUT2D eigenvalue weighted by atomic mass is 32.3. The second-order valence-electron chi connectivity index (χ2n) is 6.85. The van der Waals surface area contributed by atoms with Crippen molar-refractivity contribution in [2.24, 2.45) is 0 Å². The number of nitrogens with zero attached hydrogens (tertiary/aromatic N) is 2. The smallest absolute Gasteiger partial charge is 0.421 e. The highest BCUT2D eigenvalue weighted by Gasteiger charge is 2.46. The lowest BCUT2D eigenvalue weighted by atomic mass is 10.4. The third kappa shape index (κ3) is 10.9. The fourth-order valence-corrected chi connectivity index (χ4v) is 3.60. The summed E-state index contributed by atoms with van der Waals surface area (Å²) in [4.78, 5) is 0. The lowest BCUT2D eigenvalue weighted by molar-refractivity contribution is -0.888. The molecule has 0 bridgehead atoms. The van der Waals surface area contributed by atoms with Gasteiger partial charge in [-0.05, 0) is 26.1 Å². The molecule has 0 aliphatic rings. The third-order valence-electron chi connectivity index (χ3n) is 3.68. The molecule has 0 aromatic rings. The van der Waals surface area contributed by atoms with Gasteiger partial charge in [-0.25, -0.2) is 16.8 Å². The van der Waals surface area contributed by atoms with E-state index in [0.717, 1.165) is 21.8 Å². The van der Waals surface area contributed by atoms with Crippen molar-refractivity contribution in [2.75, 3.05) is 33.8 Å². The first-order chi connectivity index (χ1) is 12.0. The number of likely N-dealkylation sites (N-methyl/N-ethyl adjacent to an activating group) is 1. The molecule has 0 unspecified atom stereocenters. The number of halogens is 6. The molecule has 0 amide bonds. The Morgan fingerprint density at radius 2 is 1.25 bits per heavy atom. The molecule has 28 heavy (non-hydrogen) atoms. The Morgan fingerprint density at radius 1 is 0.893 bits per heavy atom. The molecule has 16 heteroatoms. The predicted molar refractivity (Wildman–Crippen MR) is 94.7 cm³/mol. The second kappa shape index (κ2) is 10.1. The molecule has 0 saturated carbocycles. The van der Waals surface area contributed by atoms with Crippen molar-refractivity contribution >= 4 is 28.4 Å². The Labute approximate surface area is 162 Å². The van der Waals surface area contributed by atoms with Crippen LogP contribution in [0.4, 0.5) is 26.3 Å². The van der Waals surface area contributed by atoms with E-state index < -0.39 is 39.4 Å². The summed E-state index contributed by atoms with van der Waals surface area (Å²) in [5, 5.41) is 0. The minimum absolute atomic E-state index is 0.778. The van der Waals surface area contributed by atoms with Gasteiger partial charge in [0.25, 0.3) is 0 Å². The van der Waals surface area contributed by atoms with Crippen LogP contribution in [-0.4, -0.2) is 74.4 Å². The van der Waals surface area contributed by atoms with Crippen molar-refractivity contribution in [1.82, 2.24) is 0 Å². The van der Waals surface area contributed by atoms with Crippen LogP contribution in [0.5, 0.6) is 0 Å². The average molecular weight is 485 g/mol. The van der Waals surface area contributed by atoms with Crippen LogP contribution >= 0.6 is 0 Å². The molecule has 0 atom stereocenters. The zero-order valence-electron chi connectivity index (χ0n) is 16.3. The first-order valence-electron chi connectivity index (χ1n) is 7.86. The van der Waals surface area contributed by atoms with Gasteiger partial charge in [-0.3, -0.25) is 0 Å². The van der Waals surface area contributed by atoms with Crippen LogP contribution in [0.3, 0.4) is 0 Å². The standard InChI is InChI=1S/C10H26NOSi.C2F6NO4S2/c1-7-11(3,4)9-10-12-13(5,6)8-2;3-1(4,5)14(10,11)9-15(12,13)2(6,7)8/h7-10H2,1-6H3;/q+1;-1. The molecule has 0 rings (SSSR count). The summed E-state index contributed by atoms with van der Waals surface area (Å²) in [5.74, 6) is 0. The maximum absolute atomic E-state index is 11.4. The molecule has 7 nitrogen and oxygen atoms in total. The Morgan fingerprint density at radius 3 is 1.50 bits per heavy atom. The summed E-state index contributed by atoms with van der Waals surface area (Å²) in [6, 6.07) is 1.21. The van der Waals surface area contributed by atoms with Crippen LogP contribution in [0.1, 0.15) is 13.8 Å². The van der Waals surface area contributed by atoms with Gasteiger partial charge in [-0.1, -0.05) is 6.92 Å². The van der Waals surface area contributed by atoms with Crippen LogP contribution in [0.2, 0.25) is 19.1 Å². The molecule has 0 spiro atoms. The number of rotatable bonds is 8. The van der Waals surface area contributed by atoms with Crippen LogP contribution < -0.4 is 0 Å². The molecule has 0 saturated heterocycles. The number of quaternary nitrogens is 1.